The molecule has 0 amide bonds. The highest BCUT2D eigenvalue weighted by Gasteiger charge is 2.31. The van der Waals surface area contributed by atoms with E-state index in [-0.39, 0.29) is 34.5 Å². The Bertz CT molecular complexity index is 963. The molecule has 0 aromatic heterocycles. The fourth-order valence-corrected chi connectivity index (χ4v) is 3.05. The number of fused-ring (bicyclic) bond motifs is 1. The van der Waals surface area contributed by atoms with Crippen LogP contribution in [0, 0.1) is 12.7 Å². The van der Waals surface area contributed by atoms with Crippen LogP contribution in [0.4, 0.5) is 4.39 Å². The van der Waals surface area contributed by atoms with Crippen molar-refractivity contribution in [1.82, 2.24) is 0 Å². The zero-order valence-electron chi connectivity index (χ0n) is 15.5. The van der Waals surface area contributed by atoms with Gasteiger partial charge in [-0.25, -0.2) is 9.18 Å². The van der Waals surface area contributed by atoms with Crippen LogP contribution in [0.15, 0.2) is 36.1 Å². The Morgan fingerprint density at radius 1 is 1.36 bits per heavy atom. The predicted octanol–water partition coefficient (Wildman–Crippen LogP) is 4.73. The van der Waals surface area contributed by atoms with E-state index in [0.29, 0.717) is 16.9 Å². The highest BCUT2D eigenvalue weighted by molar-refractivity contribution is 6.32. The van der Waals surface area contributed by atoms with Gasteiger partial charge in [-0.3, -0.25) is 4.79 Å². The van der Waals surface area contributed by atoms with Gasteiger partial charge in [0.25, 0.3) is 0 Å². The van der Waals surface area contributed by atoms with Crippen LogP contribution in [-0.4, -0.2) is 24.5 Å². The maximum atomic E-state index is 14.0. The standard InChI is InChI=1S/C21H18ClFO5/c1-4-26-21(25)12(3)27-13-8-11(2)19-17(9-13)28-18(20(19)24)10-14-15(22)6-5-7-16(14)23/h5-10,12H,4H2,1-3H3/b18-10-. The lowest BCUT2D eigenvalue weighted by Gasteiger charge is -2.14. The summed E-state index contributed by atoms with van der Waals surface area (Å²) >= 11 is 6.02. The normalized spacial score (nSPS) is 15.2. The van der Waals surface area contributed by atoms with E-state index in [1.54, 1.807) is 26.8 Å². The topological polar surface area (TPSA) is 61.8 Å². The lowest BCUT2D eigenvalue weighted by Crippen LogP contribution is -2.26. The lowest BCUT2D eigenvalue weighted by atomic mass is 10.0. The average molecular weight is 405 g/mol. The molecule has 3 rings (SSSR count). The third kappa shape index (κ3) is 3.87. The molecular weight excluding hydrogens is 387 g/mol. The van der Waals surface area contributed by atoms with Crippen LogP contribution in [0.25, 0.3) is 6.08 Å². The molecule has 0 spiro atoms. The number of aryl methyl sites for hydroxylation is 1. The maximum absolute atomic E-state index is 14.0. The zero-order valence-corrected chi connectivity index (χ0v) is 16.3. The molecule has 0 saturated heterocycles. The van der Waals surface area contributed by atoms with Crippen LogP contribution in [0.1, 0.15) is 35.3 Å². The number of ether oxygens (including phenoxy) is 3. The molecule has 0 bridgehead atoms. The van der Waals surface area contributed by atoms with E-state index in [2.05, 4.69) is 0 Å². The van der Waals surface area contributed by atoms with Gasteiger partial charge in [-0.1, -0.05) is 17.7 Å². The summed E-state index contributed by atoms with van der Waals surface area (Å²) in [7, 11) is 0. The van der Waals surface area contributed by atoms with Gasteiger partial charge in [0.05, 0.1) is 17.2 Å². The zero-order chi connectivity index (χ0) is 20.4. The van der Waals surface area contributed by atoms with Crippen molar-refractivity contribution in [1.29, 1.82) is 0 Å². The summed E-state index contributed by atoms with van der Waals surface area (Å²) in [5.41, 5.74) is 1.04. The second-order valence-corrected chi connectivity index (χ2v) is 6.61. The maximum Gasteiger partial charge on any atom is 0.347 e. The monoisotopic (exact) mass is 404 g/mol. The summed E-state index contributed by atoms with van der Waals surface area (Å²) in [5.74, 6) is -0.842. The third-order valence-corrected chi connectivity index (χ3v) is 4.48. The van der Waals surface area contributed by atoms with Gasteiger partial charge < -0.3 is 14.2 Å². The minimum Gasteiger partial charge on any atom is -0.479 e. The molecule has 5 nitrogen and oxygen atoms in total. The van der Waals surface area contributed by atoms with Crippen molar-refractivity contribution < 1.29 is 28.2 Å². The van der Waals surface area contributed by atoms with Gasteiger partial charge >= 0.3 is 5.97 Å². The molecular formula is C21H18ClFO5. The van der Waals surface area contributed by atoms with E-state index in [1.807, 2.05) is 0 Å². The summed E-state index contributed by atoms with van der Waals surface area (Å²) in [6.45, 7) is 5.25. The minimum atomic E-state index is -0.818. The van der Waals surface area contributed by atoms with E-state index < -0.39 is 17.9 Å². The Balaban J connectivity index is 1.90. The second-order valence-electron chi connectivity index (χ2n) is 6.20. The van der Waals surface area contributed by atoms with Crippen LogP contribution in [0.2, 0.25) is 5.02 Å². The van der Waals surface area contributed by atoms with Crippen LogP contribution in [0.3, 0.4) is 0 Å². The number of benzene rings is 2. The van der Waals surface area contributed by atoms with Crippen LogP contribution in [0.5, 0.6) is 11.5 Å². The van der Waals surface area contributed by atoms with Gasteiger partial charge in [0.2, 0.25) is 5.78 Å². The molecule has 146 valence electrons. The van der Waals surface area contributed by atoms with Crippen LogP contribution >= 0.6 is 11.6 Å². The molecule has 2 aromatic rings. The van der Waals surface area contributed by atoms with Crippen LogP contribution < -0.4 is 9.47 Å². The van der Waals surface area contributed by atoms with Gasteiger partial charge in [-0.2, -0.15) is 0 Å². The Morgan fingerprint density at radius 3 is 2.79 bits per heavy atom. The molecule has 1 aliphatic rings. The first kappa shape index (κ1) is 19.9. The van der Waals surface area contributed by atoms with Crippen molar-refractivity contribution in [3.05, 3.63) is 63.6 Å². The number of rotatable bonds is 5. The molecule has 1 aliphatic heterocycles. The van der Waals surface area contributed by atoms with E-state index in [9.17, 15) is 14.0 Å². The number of esters is 1. The van der Waals surface area contributed by atoms with Gasteiger partial charge in [-0.05, 0) is 50.6 Å². The van der Waals surface area contributed by atoms with E-state index in [1.165, 1.54) is 30.3 Å². The number of allylic oxidation sites excluding steroid dienone is 1. The summed E-state index contributed by atoms with van der Waals surface area (Å²) < 4.78 is 30.2. The third-order valence-electron chi connectivity index (χ3n) is 4.15. The summed E-state index contributed by atoms with van der Waals surface area (Å²) in [4.78, 5) is 24.4. The number of hydrogen-bond donors (Lipinski definition) is 0. The molecule has 28 heavy (non-hydrogen) atoms. The number of ketones is 1. The highest BCUT2D eigenvalue weighted by Crippen LogP contribution is 2.38. The number of carbonyl (C=O) groups excluding carboxylic acids is 2. The van der Waals surface area contributed by atoms with Crippen molar-refractivity contribution in [2.75, 3.05) is 6.61 Å². The Morgan fingerprint density at radius 2 is 2.11 bits per heavy atom. The first-order valence-corrected chi connectivity index (χ1v) is 9.05. The first-order chi connectivity index (χ1) is 13.3. The smallest absolute Gasteiger partial charge is 0.347 e. The quantitative estimate of drug-likeness (QED) is 0.532. The van der Waals surface area contributed by atoms with Crippen molar-refractivity contribution in [2.24, 2.45) is 0 Å². The van der Waals surface area contributed by atoms with Gasteiger partial charge in [0, 0.05) is 11.6 Å². The summed E-state index contributed by atoms with van der Waals surface area (Å²) in [6, 6.07) is 7.40. The van der Waals surface area contributed by atoms with Gasteiger partial charge in [0.15, 0.2) is 11.9 Å². The van der Waals surface area contributed by atoms with Crippen LogP contribution in [-0.2, 0) is 9.53 Å². The number of Topliss-reactive ketones (excluding diaryl/α,β-unsaturated/α-hetero) is 1. The fourth-order valence-electron chi connectivity index (χ4n) is 2.84. The molecule has 0 fully saturated rings. The Labute approximate surface area is 166 Å². The lowest BCUT2D eigenvalue weighted by molar-refractivity contribution is -0.150. The van der Waals surface area contributed by atoms with Crippen molar-refractivity contribution in [3.8, 4) is 11.5 Å². The molecule has 1 unspecified atom stereocenters. The number of carbonyl (C=O) groups is 2. The average Bonchev–Trinajstić information content (AvgIpc) is 2.94. The van der Waals surface area contributed by atoms with Gasteiger partial charge in [0.1, 0.15) is 17.3 Å². The van der Waals surface area contributed by atoms with E-state index in [4.69, 9.17) is 25.8 Å². The number of hydrogen-bond acceptors (Lipinski definition) is 5. The Kier molecular flexibility index (Phi) is 5.70. The summed E-state index contributed by atoms with van der Waals surface area (Å²) in [6.07, 6.45) is 0.461. The van der Waals surface area contributed by atoms with Crippen molar-refractivity contribution in [2.45, 2.75) is 26.9 Å². The molecule has 0 N–H and O–H groups in total. The van der Waals surface area contributed by atoms with E-state index >= 15 is 0 Å². The number of halogens is 2. The second kappa shape index (κ2) is 8.02. The summed E-state index contributed by atoms with van der Waals surface area (Å²) in [5, 5.41) is 0.170. The molecule has 1 atom stereocenters. The SMILES string of the molecule is CCOC(=O)C(C)Oc1cc(C)c2c(c1)O/C(=C\c1c(F)cccc1Cl)C2=O. The van der Waals surface area contributed by atoms with Gasteiger partial charge in [-0.15, -0.1) is 0 Å². The molecule has 0 radical (unpaired) electrons. The minimum absolute atomic E-state index is 0.0410. The Hall–Kier alpha value is -2.86. The molecule has 2 aromatic carbocycles. The predicted molar refractivity (Wildman–Crippen MR) is 102 cm³/mol. The largest absolute Gasteiger partial charge is 0.479 e. The fraction of sp³-hybridized carbons (Fsp3) is 0.238. The van der Waals surface area contributed by atoms with E-state index in [0.717, 1.165) is 0 Å². The molecule has 1 heterocycles. The van der Waals surface area contributed by atoms with Crippen molar-refractivity contribution >= 4 is 29.4 Å². The van der Waals surface area contributed by atoms with Crippen molar-refractivity contribution in [3.63, 3.8) is 0 Å². The molecule has 0 saturated carbocycles. The highest BCUT2D eigenvalue weighted by atomic mass is 35.5. The first-order valence-electron chi connectivity index (χ1n) is 8.68. The molecule has 7 heteroatoms. The molecule has 0 aliphatic carbocycles.